The van der Waals surface area contributed by atoms with E-state index >= 15 is 0 Å². The second kappa shape index (κ2) is 4.55. The maximum atomic E-state index is 9.39. The van der Waals surface area contributed by atoms with Crippen molar-refractivity contribution < 1.29 is 5.11 Å². The number of hydrogen-bond donors (Lipinski definition) is 1. The van der Waals surface area contributed by atoms with Crippen molar-refractivity contribution in [2.75, 3.05) is 4.90 Å². The molecule has 2 rings (SSSR count). The molecule has 1 aromatic carbocycles. The molecule has 1 N–H and O–H groups in total. The van der Waals surface area contributed by atoms with Crippen molar-refractivity contribution in [1.82, 2.24) is 0 Å². The lowest BCUT2D eigenvalue weighted by atomic mass is 10.3. The van der Waals surface area contributed by atoms with Crippen LogP contribution < -0.4 is 4.90 Å². The number of aliphatic hydroxyl groups excluding tert-OH is 1. The first kappa shape index (κ1) is 11.0. The Hall–Kier alpha value is -1.52. The number of halogens is 2. The lowest BCUT2D eigenvalue weighted by Crippen LogP contribution is -2.13. The third-order valence-electron chi connectivity index (χ3n) is 1.89. The second-order valence-electron chi connectivity index (χ2n) is 3.03. The quantitative estimate of drug-likeness (QED) is 0.838. The molecule has 0 spiro atoms. The Morgan fingerprint density at radius 1 is 1.19 bits per heavy atom. The molecule has 1 aliphatic rings. The minimum atomic E-state index is -0.0106. The number of allylic oxidation sites excluding steroid dienone is 1. The van der Waals surface area contributed by atoms with Crippen LogP contribution in [0, 0.1) is 0 Å². The minimum absolute atomic E-state index is 0.0106. The number of aliphatic hydroxyl groups is 1. The van der Waals surface area contributed by atoms with E-state index in [0.717, 1.165) is 0 Å². The molecule has 6 heteroatoms. The number of hydrogen-bond acceptors (Lipinski definition) is 4. The van der Waals surface area contributed by atoms with E-state index in [0.29, 0.717) is 15.7 Å². The van der Waals surface area contributed by atoms with Crippen LogP contribution >= 0.6 is 23.2 Å². The predicted octanol–water partition coefficient (Wildman–Crippen LogP) is 3.23. The normalized spacial score (nSPS) is 14.9. The lowest BCUT2D eigenvalue weighted by Gasteiger charge is -2.15. The van der Waals surface area contributed by atoms with Crippen LogP contribution in [0.3, 0.4) is 0 Å². The summed E-state index contributed by atoms with van der Waals surface area (Å²) in [4.78, 5) is 1.56. The van der Waals surface area contributed by atoms with Crippen LogP contribution in [-0.4, -0.2) is 17.7 Å². The zero-order valence-electron chi connectivity index (χ0n) is 8.01. The zero-order valence-corrected chi connectivity index (χ0v) is 9.52. The van der Waals surface area contributed by atoms with Crippen LogP contribution in [0.2, 0.25) is 10.0 Å². The van der Waals surface area contributed by atoms with Crippen molar-refractivity contribution in [2.24, 2.45) is 10.2 Å². The summed E-state index contributed by atoms with van der Waals surface area (Å²) in [5, 5.41) is 17.7. The van der Waals surface area contributed by atoms with E-state index in [1.807, 2.05) is 0 Å². The second-order valence-corrected chi connectivity index (χ2v) is 3.88. The molecule has 0 fully saturated rings. The molecule has 0 atom stereocenters. The molecule has 16 heavy (non-hydrogen) atoms. The smallest absolute Gasteiger partial charge is 0.152 e. The van der Waals surface area contributed by atoms with Crippen molar-refractivity contribution in [3.05, 3.63) is 40.2 Å². The van der Waals surface area contributed by atoms with E-state index in [2.05, 4.69) is 10.2 Å². The van der Waals surface area contributed by atoms with Crippen molar-refractivity contribution in [1.29, 1.82) is 0 Å². The largest absolute Gasteiger partial charge is 0.505 e. The van der Waals surface area contributed by atoms with Gasteiger partial charge in [0.25, 0.3) is 0 Å². The Bertz CT molecular complexity index is 497. The summed E-state index contributed by atoms with van der Waals surface area (Å²) in [7, 11) is 0. The molecular weight excluding hydrogens is 249 g/mol. The molecule has 0 bridgehead atoms. The highest BCUT2D eigenvalue weighted by Gasteiger charge is 2.09. The van der Waals surface area contributed by atoms with Gasteiger partial charge in [0.05, 0.1) is 23.1 Å². The Labute approximate surface area is 102 Å². The lowest BCUT2D eigenvalue weighted by molar-refractivity contribution is 0.445. The van der Waals surface area contributed by atoms with Crippen LogP contribution in [0.25, 0.3) is 0 Å². The topological polar surface area (TPSA) is 48.2 Å². The summed E-state index contributed by atoms with van der Waals surface area (Å²) < 4.78 is 0. The van der Waals surface area contributed by atoms with Crippen LogP contribution in [0.15, 0.2) is 40.4 Å². The van der Waals surface area contributed by atoms with Gasteiger partial charge in [-0.3, -0.25) is 0 Å². The third-order valence-corrected chi connectivity index (χ3v) is 2.43. The van der Waals surface area contributed by atoms with Crippen LogP contribution in [-0.2, 0) is 0 Å². The summed E-state index contributed by atoms with van der Waals surface area (Å²) in [5.74, 6) is -0.0106. The van der Waals surface area contributed by atoms with Gasteiger partial charge < -0.3 is 10.0 Å². The fourth-order valence-corrected chi connectivity index (χ4v) is 1.72. The maximum Gasteiger partial charge on any atom is 0.152 e. The number of benzene rings is 1. The van der Waals surface area contributed by atoms with Gasteiger partial charge in [0.1, 0.15) is 6.34 Å². The highest BCUT2D eigenvalue weighted by Crippen LogP contribution is 2.28. The Morgan fingerprint density at radius 3 is 2.75 bits per heavy atom. The molecule has 1 heterocycles. The fraction of sp³-hybridized carbons (Fsp3) is 0. The van der Waals surface area contributed by atoms with E-state index < -0.39 is 0 Å². The first-order chi connectivity index (χ1) is 7.66. The summed E-state index contributed by atoms with van der Waals surface area (Å²) in [6, 6.07) is 5.04. The summed E-state index contributed by atoms with van der Waals surface area (Å²) in [6.07, 6.45) is 4.13. The van der Waals surface area contributed by atoms with E-state index in [1.165, 1.54) is 18.8 Å². The average Bonchev–Trinajstić information content (AvgIpc) is 2.43. The van der Waals surface area contributed by atoms with Crippen LogP contribution in [0.1, 0.15) is 0 Å². The molecule has 4 nitrogen and oxygen atoms in total. The first-order valence-corrected chi connectivity index (χ1v) is 5.13. The van der Waals surface area contributed by atoms with Gasteiger partial charge in [-0.25, -0.2) is 0 Å². The molecule has 0 unspecified atom stereocenters. The summed E-state index contributed by atoms with van der Waals surface area (Å²) in [6.45, 7) is 0. The fourth-order valence-electron chi connectivity index (χ4n) is 1.21. The first-order valence-electron chi connectivity index (χ1n) is 4.37. The number of nitrogens with zero attached hydrogens (tertiary/aromatic N) is 3. The Morgan fingerprint density at radius 2 is 2.00 bits per heavy atom. The molecule has 0 amide bonds. The van der Waals surface area contributed by atoms with Crippen LogP contribution in [0.5, 0.6) is 0 Å². The summed E-state index contributed by atoms with van der Waals surface area (Å²) in [5.41, 5.74) is 0.659. The third kappa shape index (κ3) is 2.35. The standard InChI is InChI=1S/C10H7Cl2N3O/c11-7-1-2-10(9(12)3-7)15-5-8(16)4-13-14-6-15/h1-6,16H. The highest BCUT2D eigenvalue weighted by molar-refractivity contribution is 6.36. The monoisotopic (exact) mass is 255 g/mol. The Balaban J connectivity index is 2.41. The molecule has 0 saturated carbocycles. The van der Waals surface area contributed by atoms with E-state index in [-0.39, 0.29) is 5.76 Å². The average molecular weight is 256 g/mol. The molecule has 1 aromatic rings. The van der Waals surface area contributed by atoms with Gasteiger partial charge in [0, 0.05) is 5.02 Å². The highest BCUT2D eigenvalue weighted by atomic mass is 35.5. The van der Waals surface area contributed by atoms with Gasteiger partial charge in [0.2, 0.25) is 0 Å². The molecule has 0 aliphatic carbocycles. The summed E-state index contributed by atoms with van der Waals surface area (Å²) >= 11 is 11.8. The minimum Gasteiger partial charge on any atom is -0.505 e. The molecule has 82 valence electrons. The SMILES string of the molecule is OC1=CN(c2ccc(Cl)cc2Cl)C=NN=C1. The van der Waals surface area contributed by atoms with Crippen molar-refractivity contribution in [3.63, 3.8) is 0 Å². The molecule has 1 aliphatic heterocycles. The van der Waals surface area contributed by atoms with Gasteiger partial charge in [-0.1, -0.05) is 23.2 Å². The van der Waals surface area contributed by atoms with E-state index in [1.54, 1.807) is 23.1 Å². The molecule has 0 radical (unpaired) electrons. The van der Waals surface area contributed by atoms with E-state index in [9.17, 15) is 5.11 Å². The number of anilines is 1. The maximum absolute atomic E-state index is 9.39. The van der Waals surface area contributed by atoms with Gasteiger partial charge in [0.15, 0.2) is 5.76 Å². The Kier molecular flexibility index (Phi) is 3.12. The van der Waals surface area contributed by atoms with Gasteiger partial charge in [-0.2, -0.15) is 5.10 Å². The van der Waals surface area contributed by atoms with Crippen molar-refractivity contribution in [3.8, 4) is 0 Å². The van der Waals surface area contributed by atoms with Gasteiger partial charge in [-0.05, 0) is 18.2 Å². The van der Waals surface area contributed by atoms with Gasteiger partial charge >= 0.3 is 0 Å². The van der Waals surface area contributed by atoms with E-state index in [4.69, 9.17) is 23.2 Å². The van der Waals surface area contributed by atoms with Crippen molar-refractivity contribution in [2.45, 2.75) is 0 Å². The molecule has 0 saturated heterocycles. The van der Waals surface area contributed by atoms with Crippen molar-refractivity contribution >= 4 is 41.4 Å². The van der Waals surface area contributed by atoms with Crippen LogP contribution in [0.4, 0.5) is 5.69 Å². The van der Waals surface area contributed by atoms with Gasteiger partial charge in [-0.15, -0.1) is 5.10 Å². The molecule has 0 aromatic heterocycles. The predicted molar refractivity (Wildman–Crippen MR) is 66.6 cm³/mol. The molecular formula is C10H7Cl2N3O. The zero-order chi connectivity index (χ0) is 11.5. The number of rotatable bonds is 1.